The van der Waals surface area contributed by atoms with Crippen LogP contribution in [-0.2, 0) is 24.1 Å². The summed E-state index contributed by atoms with van der Waals surface area (Å²) in [7, 11) is 0. The summed E-state index contributed by atoms with van der Waals surface area (Å²) in [5.74, 6) is 0.985. The van der Waals surface area contributed by atoms with Crippen LogP contribution in [0.1, 0.15) is 44.6 Å². The van der Waals surface area contributed by atoms with Gasteiger partial charge in [0, 0.05) is 18.8 Å². The summed E-state index contributed by atoms with van der Waals surface area (Å²) in [6.45, 7) is 5.05. The third-order valence-corrected chi connectivity index (χ3v) is 6.26. The average Bonchev–Trinajstić information content (AvgIpc) is 3.48. The highest BCUT2D eigenvalue weighted by molar-refractivity contribution is 5.86. The lowest BCUT2D eigenvalue weighted by atomic mass is 10.1. The predicted molar refractivity (Wildman–Crippen MR) is 118 cm³/mol. The van der Waals surface area contributed by atoms with E-state index in [0.29, 0.717) is 29.8 Å². The van der Waals surface area contributed by atoms with Crippen molar-refractivity contribution in [1.82, 2.24) is 19.5 Å². The first-order valence-electron chi connectivity index (χ1n) is 11.2. The number of carbonyl (C=O) groups is 1. The Morgan fingerprint density at radius 2 is 1.94 bits per heavy atom. The molecule has 4 heterocycles. The van der Waals surface area contributed by atoms with E-state index in [4.69, 9.17) is 0 Å². The molecule has 0 radical (unpaired) electrons. The van der Waals surface area contributed by atoms with Crippen molar-refractivity contribution in [3.8, 4) is 0 Å². The van der Waals surface area contributed by atoms with Gasteiger partial charge in [-0.2, -0.15) is 13.2 Å². The molecule has 5 rings (SSSR count). The van der Waals surface area contributed by atoms with E-state index >= 15 is 0 Å². The second kappa shape index (κ2) is 8.00. The van der Waals surface area contributed by atoms with Crippen molar-refractivity contribution in [2.45, 2.75) is 64.6 Å². The molecule has 3 aromatic heterocycles. The standard InChI is InChI=1S/C23H25F3N6O/c1-14(2)8-10-30-17-5-6-19(23(24,25)26)28-22(17)29-20(30)12-31-18-11-27-9-7-16(18)32(15-3-4-15)21(31)13-33/h5-7,9,11,13-15,21H,3-4,8,10,12H2,1-2H3. The summed E-state index contributed by atoms with van der Waals surface area (Å²) in [6, 6.07) is 4.65. The Bertz CT molecular complexity index is 1190. The van der Waals surface area contributed by atoms with Crippen LogP contribution >= 0.6 is 0 Å². The van der Waals surface area contributed by atoms with Crippen LogP contribution < -0.4 is 9.80 Å². The molecular weight excluding hydrogens is 433 g/mol. The maximum atomic E-state index is 13.2. The Balaban J connectivity index is 1.57. The van der Waals surface area contributed by atoms with Crippen LogP contribution in [0.4, 0.5) is 24.5 Å². The van der Waals surface area contributed by atoms with Gasteiger partial charge in [-0.3, -0.25) is 9.78 Å². The highest BCUT2D eigenvalue weighted by Crippen LogP contribution is 2.45. The van der Waals surface area contributed by atoms with E-state index in [1.807, 2.05) is 15.5 Å². The molecule has 0 bridgehead atoms. The van der Waals surface area contributed by atoms with Crippen LogP contribution in [0.3, 0.4) is 0 Å². The largest absolute Gasteiger partial charge is 0.433 e. The van der Waals surface area contributed by atoms with Crippen molar-refractivity contribution in [3.05, 3.63) is 42.1 Å². The summed E-state index contributed by atoms with van der Waals surface area (Å²) >= 11 is 0. The van der Waals surface area contributed by atoms with Gasteiger partial charge in [-0.25, -0.2) is 9.97 Å². The van der Waals surface area contributed by atoms with Crippen molar-refractivity contribution in [1.29, 1.82) is 0 Å². The Hall–Kier alpha value is -3.17. The molecule has 0 aromatic carbocycles. The molecule has 1 saturated carbocycles. The van der Waals surface area contributed by atoms with Gasteiger partial charge in [0.2, 0.25) is 0 Å². The molecular formula is C23H25F3N6O. The van der Waals surface area contributed by atoms with Crippen LogP contribution in [-0.4, -0.2) is 38.0 Å². The molecule has 0 N–H and O–H groups in total. The normalized spacial score (nSPS) is 18.4. The topological polar surface area (TPSA) is 67.2 Å². The molecule has 1 fully saturated rings. The highest BCUT2D eigenvalue weighted by atomic mass is 19.4. The number of imidazole rings is 1. The number of aldehydes is 1. The van der Waals surface area contributed by atoms with Crippen molar-refractivity contribution < 1.29 is 18.0 Å². The molecule has 7 nitrogen and oxygen atoms in total. The second-order valence-corrected chi connectivity index (χ2v) is 9.08. The van der Waals surface area contributed by atoms with Crippen LogP contribution in [0.15, 0.2) is 30.6 Å². The van der Waals surface area contributed by atoms with Crippen LogP contribution in [0.5, 0.6) is 0 Å². The molecule has 1 atom stereocenters. The quantitative estimate of drug-likeness (QED) is 0.489. The van der Waals surface area contributed by atoms with Gasteiger partial charge in [-0.15, -0.1) is 0 Å². The molecule has 0 amide bonds. The van der Waals surface area contributed by atoms with Crippen molar-refractivity contribution in [2.24, 2.45) is 5.92 Å². The SMILES string of the molecule is CC(C)CCn1c(CN2c3cnccc3N(C3CC3)C2C=O)nc2nc(C(F)(F)F)ccc21. The van der Waals surface area contributed by atoms with Crippen LogP contribution in [0.2, 0.25) is 0 Å². The fourth-order valence-electron chi connectivity index (χ4n) is 4.46. The molecule has 10 heteroatoms. The summed E-state index contributed by atoms with van der Waals surface area (Å²) in [6.07, 6.45) is 2.20. The molecule has 0 saturated heterocycles. The number of pyridine rings is 2. The molecule has 1 unspecified atom stereocenters. The number of hydrogen-bond donors (Lipinski definition) is 0. The number of aryl methyl sites for hydroxylation is 1. The molecule has 1 aliphatic heterocycles. The van der Waals surface area contributed by atoms with Crippen molar-refractivity contribution in [3.63, 3.8) is 0 Å². The molecule has 33 heavy (non-hydrogen) atoms. The number of aromatic nitrogens is 4. The van der Waals surface area contributed by atoms with Crippen LogP contribution in [0.25, 0.3) is 11.2 Å². The molecule has 3 aromatic rings. The highest BCUT2D eigenvalue weighted by Gasteiger charge is 2.44. The Kier molecular flexibility index (Phi) is 5.25. The van der Waals surface area contributed by atoms with E-state index in [1.165, 1.54) is 6.07 Å². The van der Waals surface area contributed by atoms with E-state index in [2.05, 4.69) is 33.7 Å². The fraction of sp³-hybridized carbons (Fsp3) is 0.478. The zero-order valence-electron chi connectivity index (χ0n) is 18.5. The number of carbonyl (C=O) groups excluding carboxylic acids is 1. The van der Waals surface area contributed by atoms with Gasteiger partial charge in [-0.05, 0) is 43.4 Å². The first-order chi connectivity index (χ1) is 15.8. The van der Waals surface area contributed by atoms with Crippen LogP contribution in [0, 0.1) is 5.92 Å². The number of anilines is 2. The summed E-state index contributed by atoms with van der Waals surface area (Å²) in [5, 5.41) is 0. The number of halogens is 3. The summed E-state index contributed by atoms with van der Waals surface area (Å²) in [4.78, 5) is 28.8. The zero-order valence-corrected chi connectivity index (χ0v) is 18.5. The average molecular weight is 458 g/mol. The number of alkyl halides is 3. The predicted octanol–water partition coefficient (Wildman–Crippen LogP) is 4.41. The third kappa shape index (κ3) is 3.91. The summed E-state index contributed by atoms with van der Waals surface area (Å²) < 4.78 is 41.6. The molecule has 2 aliphatic rings. The van der Waals surface area contributed by atoms with Gasteiger partial charge in [0.1, 0.15) is 11.5 Å². The van der Waals surface area contributed by atoms with E-state index in [-0.39, 0.29) is 12.2 Å². The number of rotatable bonds is 7. The first kappa shape index (κ1) is 21.7. The maximum absolute atomic E-state index is 13.2. The fourth-order valence-corrected chi connectivity index (χ4v) is 4.46. The Labute approximate surface area is 189 Å². The molecule has 1 aliphatic carbocycles. The van der Waals surface area contributed by atoms with Gasteiger partial charge in [0.15, 0.2) is 18.1 Å². The maximum Gasteiger partial charge on any atom is 0.433 e. The van der Waals surface area contributed by atoms with Gasteiger partial charge in [0.05, 0.1) is 29.6 Å². The lowest BCUT2D eigenvalue weighted by molar-refractivity contribution is -0.141. The van der Waals surface area contributed by atoms with E-state index in [9.17, 15) is 18.0 Å². The van der Waals surface area contributed by atoms with Gasteiger partial charge >= 0.3 is 6.18 Å². The van der Waals surface area contributed by atoms with Crippen molar-refractivity contribution in [2.75, 3.05) is 9.80 Å². The molecule has 174 valence electrons. The minimum absolute atomic E-state index is 0.0656. The molecule has 0 spiro atoms. The first-order valence-corrected chi connectivity index (χ1v) is 11.2. The number of fused-ring (bicyclic) bond motifs is 2. The van der Waals surface area contributed by atoms with Gasteiger partial charge in [-0.1, -0.05) is 13.8 Å². The number of nitrogens with zero attached hydrogens (tertiary/aromatic N) is 6. The Morgan fingerprint density at radius 1 is 1.15 bits per heavy atom. The zero-order chi connectivity index (χ0) is 23.3. The smallest absolute Gasteiger partial charge is 0.340 e. The van der Waals surface area contributed by atoms with Gasteiger partial charge in [0.25, 0.3) is 0 Å². The summed E-state index contributed by atoms with van der Waals surface area (Å²) in [5.41, 5.74) is 1.44. The van der Waals surface area contributed by atoms with Crippen molar-refractivity contribution >= 4 is 28.8 Å². The minimum atomic E-state index is -4.54. The van der Waals surface area contributed by atoms with E-state index in [0.717, 1.165) is 43.0 Å². The lowest BCUT2D eigenvalue weighted by Crippen LogP contribution is -2.45. The monoisotopic (exact) mass is 458 g/mol. The van der Waals surface area contributed by atoms with E-state index in [1.54, 1.807) is 12.4 Å². The second-order valence-electron chi connectivity index (χ2n) is 9.08. The number of hydrogen-bond acceptors (Lipinski definition) is 6. The van der Waals surface area contributed by atoms with Gasteiger partial charge < -0.3 is 14.4 Å². The lowest BCUT2D eigenvalue weighted by Gasteiger charge is -2.28. The minimum Gasteiger partial charge on any atom is -0.340 e. The Morgan fingerprint density at radius 3 is 2.61 bits per heavy atom. The van der Waals surface area contributed by atoms with E-state index < -0.39 is 18.0 Å². The third-order valence-electron chi connectivity index (χ3n) is 6.26.